The lowest BCUT2D eigenvalue weighted by Crippen LogP contribution is -2.24. The Kier molecular flexibility index (Phi) is 3.88. The number of anilines is 1. The van der Waals surface area contributed by atoms with Gasteiger partial charge in [0, 0.05) is 11.6 Å². The normalized spacial score (nSPS) is 16.6. The Morgan fingerprint density at radius 3 is 3.00 bits per heavy atom. The van der Waals surface area contributed by atoms with Gasteiger partial charge in [-0.05, 0) is 19.1 Å². The molecule has 2 aromatic carbocycles. The summed E-state index contributed by atoms with van der Waals surface area (Å²) in [4.78, 5) is 0. The van der Waals surface area contributed by atoms with Gasteiger partial charge in [-0.3, -0.25) is 0 Å². The fourth-order valence-electron chi connectivity index (χ4n) is 2.37. The van der Waals surface area contributed by atoms with Crippen molar-refractivity contribution in [3.8, 4) is 11.5 Å². The second-order valence-electron chi connectivity index (χ2n) is 4.72. The first-order valence-corrected chi connectivity index (χ1v) is 7.18. The van der Waals surface area contributed by atoms with Gasteiger partial charge in [-0.2, -0.15) is 0 Å². The first kappa shape index (κ1) is 14.0. The third-order valence-corrected chi connectivity index (χ3v) is 3.63. The molecule has 0 aliphatic carbocycles. The first-order chi connectivity index (χ1) is 10.2. The van der Waals surface area contributed by atoms with Crippen LogP contribution in [0.15, 0.2) is 36.4 Å². The Hall–Kier alpha value is -1.94. The van der Waals surface area contributed by atoms with Crippen LogP contribution in [0.1, 0.15) is 18.6 Å². The van der Waals surface area contributed by atoms with Crippen LogP contribution in [-0.4, -0.2) is 13.2 Å². The number of rotatable bonds is 3. The van der Waals surface area contributed by atoms with E-state index in [-0.39, 0.29) is 11.1 Å². The number of ether oxygens (including phenoxy) is 2. The van der Waals surface area contributed by atoms with Crippen molar-refractivity contribution in [2.75, 3.05) is 18.5 Å². The lowest BCUT2D eigenvalue weighted by molar-refractivity contribution is 0.202. The molecular weight excluding hydrogens is 293 g/mol. The summed E-state index contributed by atoms with van der Waals surface area (Å²) >= 11 is 5.77. The Morgan fingerprint density at radius 1 is 1.38 bits per heavy atom. The molecular formula is C16H15ClFNO2. The van der Waals surface area contributed by atoms with Crippen molar-refractivity contribution >= 4 is 17.3 Å². The van der Waals surface area contributed by atoms with Gasteiger partial charge in [-0.25, -0.2) is 4.39 Å². The van der Waals surface area contributed by atoms with Gasteiger partial charge >= 0.3 is 0 Å². The minimum absolute atomic E-state index is 0.0815. The van der Waals surface area contributed by atoms with Gasteiger partial charge in [0.05, 0.1) is 23.9 Å². The van der Waals surface area contributed by atoms with Gasteiger partial charge in [0.25, 0.3) is 0 Å². The maximum atomic E-state index is 13.6. The van der Waals surface area contributed by atoms with Gasteiger partial charge in [-0.15, -0.1) is 0 Å². The summed E-state index contributed by atoms with van der Waals surface area (Å²) in [5, 5.41) is 3.30. The van der Waals surface area contributed by atoms with Crippen molar-refractivity contribution in [1.29, 1.82) is 0 Å². The molecule has 0 spiro atoms. The smallest absolute Gasteiger partial charge is 0.146 e. The zero-order valence-corrected chi connectivity index (χ0v) is 12.3. The van der Waals surface area contributed by atoms with Gasteiger partial charge in [0.1, 0.15) is 23.4 Å². The number of hydrogen-bond donors (Lipinski definition) is 1. The van der Waals surface area contributed by atoms with Crippen LogP contribution >= 0.6 is 11.6 Å². The fourth-order valence-corrected chi connectivity index (χ4v) is 2.53. The van der Waals surface area contributed by atoms with Crippen molar-refractivity contribution in [2.24, 2.45) is 0 Å². The highest BCUT2D eigenvalue weighted by Crippen LogP contribution is 2.39. The summed E-state index contributed by atoms with van der Waals surface area (Å²) in [6, 6.07) is 10.5. The van der Waals surface area contributed by atoms with Crippen molar-refractivity contribution in [2.45, 2.75) is 13.0 Å². The number of nitrogens with one attached hydrogen (secondary N) is 1. The van der Waals surface area contributed by atoms with Gasteiger partial charge < -0.3 is 14.8 Å². The number of hydrogen-bond acceptors (Lipinski definition) is 3. The molecule has 1 aliphatic rings. The van der Waals surface area contributed by atoms with E-state index in [0.717, 1.165) is 11.3 Å². The van der Waals surface area contributed by atoms with E-state index in [2.05, 4.69) is 5.32 Å². The van der Waals surface area contributed by atoms with E-state index >= 15 is 0 Å². The van der Waals surface area contributed by atoms with Crippen LogP contribution in [0.3, 0.4) is 0 Å². The molecule has 110 valence electrons. The third-order valence-electron chi connectivity index (χ3n) is 3.34. The maximum absolute atomic E-state index is 13.6. The van der Waals surface area contributed by atoms with Crippen LogP contribution in [0.25, 0.3) is 0 Å². The predicted octanol–water partition coefficient (Wildman–Crippen LogP) is 4.42. The van der Waals surface area contributed by atoms with E-state index in [1.807, 2.05) is 31.2 Å². The fraction of sp³-hybridized carbons (Fsp3) is 0.250. The zero-order chi connectivity index (χ0) is 14.8. The molecule has 0 radical (unpaired) electrons. The lowest BCUT2D eigenvalue weighted by Gasteiger charge is -2.29. The Balaban J connectivity index is 1.91. The van der Waals surface area contributed by atoms with E-state index < -0.39 is 5.82 Å². The first-order valence-electron chi connectivity index (χ1n) is 6.80. The van der Waals surface area contributed by atoms with E-state index in [9.17, 15) is 4.39 Å². The molecule has 1 atom stereocenters. The second-order valence-corrected chi connectivity index (χ2v) is 5.13. The summed E-state index contributed by atoms with van der Waals surface area (Å²) in [5.41, 5.74) is 1.64. The van der Waals surface area contributed by atoms with Crippen LogP contribution in [0.4, 0.5) is 10.1 Å². The molecule has 3 nitrogen and oxygen atoms in total. The molecule has 2 aromatic rings. The molecule has 1 aliphatic heterocycles. The molecule has 0 amide bonds. The highest BCUT2D eigenvalue weighted by molar-refractivity contribution is 6.31. The van der Waals surface area contributed by atoms with E-state index in [1.54, 1.807) is 0 Å². The van der Waals surface area contributed by atoms with Crippen LogP contribution in [0.2, 0.25) is 5.02 Å². The highest BCUT2D eigenvalue weighted by atomic mass is 35.5. The number of fused-ring (bicyclic) bond motifs is 1. The van der Waals surface area contributed by atoms with E-state index in [4.69, 9.17) is 21.1 Å². The Morgan fingerprint density at radius 2 is 2.19 bits per heavy atom. The maximum Gasteiger partial charge on any atom is 0.146 e. The molecule has 21 heavy (non-hydrogen) atoms. The van der Waals surface area contributed by atoms with Crippen molar-refractivity contribution in [1.82, 2.24) is 0 Å². The van der Waals surface area contributed by atoms with Crippen LogP contribution in [-0.2, 0) is 0 Å². The molecule has 3 rings (SSSR count). The quantitative estimate of drug-likeness (QED) is 0.910. The minimum atomic E-state index is -0.490. The lowest BCUT2D eigenvalue weighted by atomic mass is 10.1. The average molecular weight is 308 g/mol. The summed E-state index contributed by atoms with van der Waals surface area (Å²) < 4.78 is 25.1. The minimum Gasteiger partial charge on any atom is -0.493 e. The van der Waals surface area contributed by atoms with Gasteiger partial charge in [0.2, 0.25) is 0 Å². The van der Waals surface area contributed by atoms with Gasteiger partial charge in [-0.1, -0.05) is 29.8 Å². The molecule has 0 saturated heterocycles. The molecule has 0 aromatic heterocycles. The van der Waals surface area contributed by atoms with Crippen LogP contribution < -0.4 is 14.8 Å². The molecule has 0 bridgehead atoms. The Bertz CT molecular complexity index is 663. The summed E-state index contributed by atoms with van der Waals surface area (Å²) in [6.45, 7) is 3.08. The standard InChI is InChI=1S/C16H15ClFNO2/c1-2-20-14-6-4-3-5-10(14)16-9-19-13-7-11(17)12(18)8-15(13)21-16/h3-8,16,19H,2,9H2,1H3. The van der Waals surface area contributed by atoms with E-state index in [0.29, 0.717) is 24.6 Å². The second kappa shape index (κ2) is 5.82. The Labute approximate surface area is 127 Å². The molecule has 1 N–H and O–H groups in total. The predicted molar refractivity (Wildman–Crippen MR) is 80.9 cm³/mol. The SMILES string of the molecule is CCOc1ccccc1C1CNc2cc(Cl)c(F)cc2O1. The molecule has 0 saturated carbocycles. The van der Waals surface area contributed by atoms with Crippen molar-refractivity contribution in [3.63, 3.8) is 0 Å². The highest BCUT2D eigenvalue weighted by Gasteiger charge is 2.24. The number of para-hydroxylation sites is 1. The zero-order valence-electron chi connectivity index (χ0n) is 11.5. The van der Waals surface area contributed by atoms with Crippen molar-refractivity contribution < 1.29 is 13.9 Å². The summed E-state index contributed by atoms with van der Waals surface area (Å²) in [6.07, 6.45) is -0.235. The number of halogens is 2. The van der Waals surface area contributed by atoms with E-state index in [1.165, 1.54) is 12.1 Å². The third kappa shape index (κ3) is 2.76. The molecule has 1 heterocycles. The average Bonchev–Trinajstić information content (AvgIpc) is 2.49. The summed E-state index contributed by atoms with van der Waals surface area (Å²) in [5.74, 6) is 0.750. The largest absolute Gasteiger partial charge is 0.493 e. The molecule has 0 fully saturated rings. The van der Waals surface area contributed by atoms with Crippen LogP contribution in [0.5, 0.6) is 11.5 Å². The van der Waals surface area contributed by atoms with Gasteiger partial charge in [0.15, 0.2) is 0 Å². The van der Waals surface area contributed by atoms with Crippen LogP contribution in [0, 0.1) is 5.82 Å². The topological polar surface area (TPSA) is 30.5 Å². The monoisotopic (exact) mass is 307 g/mol. The number of benzene rings is 2. The molecule has 1 unspecified atom stereocenters. The summed E-state index contributed by atoms with van der Waals surface area (Å²) in [7, 11) is 0. The van der Waals surface area contributed by atoms with Crippen molar-refractivity contribution in [3.05, 3.63) is 52.8 Å². The molecule has 5 heteroatoms.